The van der Waals surface area contributed by atoms with E-state index in [1.807, 2.05) is 10.8 Å². The van der Waals surface area contributed by atoms with Crippen molar-refractivity contribution in [2.45, 2.75) is 46.1 Å². The summed E-state index contributed by atoms with van der Waals surface area (Å²) in [5.41, 5.74) is 0. The van der Waals surface area contributed by atoms with E-state index in [1.165, 1.54) is 4.57 Å². The SMILES string of the molecule is CCCCOC(=O)n1cc[n+](CCCC)c1. The maximum Gasteiger partial charge on any atom is 0.511 e. The van der Waals surface area contributed by atoms with Crippen molar-refractivity contribution in [3.63, 3.8) is 0 Å². The van der Waals surface area contributed by atoms with Crippen molar-refractivity contribution >= 4 is 6.09 Å². The Morgan fingerprint density at radius 2 is 2.06 bits per heavy atom. The summed E-state index contributed by atoms with van der Waals surface area (Å²) in [5, 5.41) is 0. The number of nitrogens with zero attached hydrogens (tertiary/aromatic N) is 2. The summed E-state index contributed by atoms with van der Waals surface area (Å²) < 4.78 is 8.59. The van der Waals surface area contributed by atoms with E-state index in [0.717, 1.165) is 32.2 Å². The molecule has 0 saturated carbocycles. The minimum Gasteiger partial charge on any atom is -0.431 e. The Kier molecular flexibility index (Phi) is 5.61. The Morgan fingerprint density at radius 3 is 2.75 bits per heavy atom. The molecule has 0 radical (unpaired) electrons. The summed E-state index contributed by atoms with van der Waals surface area (Å²) in [4.78, 5) is 11.5. The molecule has 1 aromatic heterocycles. The van der Waals surface area contributed by atoms with Gasteiger partial charge in [0.05, 0.1) is 13.2 Å². The lowest BCUT2D eigenvalue weighted by atomic mass is 10.3. The molecule has 0 spiro atoms. The second-order valence-corrected chi connectivity index (χ2v) is 3.88. The molecule has 0 amide bonds. The highest BCUT2D eigenvalue weighted by atomic mass is 16.5. The van der Waals surface area contributed by atoms with Crippen molar-refractivity contribution in [3.05, 3.63) is 18.7 Å². The second kappa shape index (κ2) is 7.04. The molecule has 0 fully saturated rings. The summed E-state index contributed by atoms with van der Waals surface area (Å²) in [6, 6.07) is 0. The molecule has 0 aromatic carbocycles. The Balaban J connectivity index is 2.40. The van der Waals surface area contributed by atoms with Crippen molar-refractivity contribution in [3.8, 4) is 0 Å². The van der Waals surface area contributed by atoms with Crippen molar-refractivity contribution in [1.82, 2.24) is 4.57 Å². The molecule has 90 valence electrons. The monoisotopic (exact) mass is 225 g/mol. The van der Waals surface area contributed by atoms with Gasteiger partial charge in [-0.1, -0.05) is 26.7 Å². The molecule has 1 rings (SSSR count). The summed E-state index contributed by atoms with van der Waals surface area (Å²) in [6.07, 6.45) is 9.37. The van der Waals surface area contributed by atoms with Crippen LogP contribution in [-0.2, 0) is 11.3 Å². The van der Waals surface area contributed by atoms with Gasteiger partial charge >= 0.3 is 6.09 Å². The first-order chi connectivity index (χ1) is 7.77. The fourth-order valence-electron chi connectivity index (χ4n) is 1.35. The quantitative estimate of drug-likeness (QED) is 0.550. The van der Waals surface area contributed by atoms with Crippen LogP contribution in [0.25, 0.3) is 0 Å². The third-order valence-corrected chi connectivity index (χ3v) is 2.40. The van der Waals surface area contributed by atoms with Crippen LogP contribution in [0.3, 0.4) is 0 Å². The summed E-state index contributed by atoms with van der Waals surface area (Å²) in [6.45, 7) is 5.67. The van der Waals surface area contributed by atoms with E-state index < -0.39 is 0 Å². The van der Waals surface area contributed by atoms with E-state index in [4.69, 9.17) is 4.74 Å². The molecule has 0 aliphatic heterocycles. The number of unbranched alkanes of at least 4 members (excludes halogenated alkanes) is 2. The molecule has 1 heterocycles. The van der Waals surface area contributed by atoms with E-state index in [0.29, 0.717) is 6.61 Å². The van der Waals surface area contributed by atoms with Crippen LogP contribution in [0.1, 0.15) is 39.5 Å². The molecular weight excluding hydrogens is 204 g/mol. The van der Waals surface area contributed by atoms with Gasteiger partial charge in [0.15, 0.2) is 0 Å². The summed E-state index contributed by atoms with van der Waals surface area (Å²) in [5.74, 6) is 0. The van der Waals surface area contributed by atoms with Crippen molar-refractivity contribution in [1.29, 1.82) is 0 Å². The molecule has 0 unspecified atom stereocenters. The average Bonchev–Trinajstić information content (AvgIpc) is 2.75. The Bertz CT molecular complexity index is 321. The highest BCUT2D eigenvalue weighted by Gasteiger charge is 2.13. The number of carbonyl (C=O) groups excluding carboxylic acids is 1. The molecule has 0 N–H and O–H groups in total. The molecule has 0 bridgehead atoms. The van der Waals surface area contributed by atoms with Gasteiger partial charge in [0.1, 0.15) is 12.4 Å². The van der Waals surface area contributed by atoms with Gasteiger partial charge in [-0.05, 0) is 12.8 Å². The molecule has 0 aliphatic carbocycles. The van der Waals surface area contributed by atoms with Crippen LogP contribution in [0.5, 0.6) is 0 Å². The Hall–Kier alpha value is -1.32. The number of aromatic nitrogens is 2. The molecule has 0 atom stereocenters. The van der Waals surface area contributed by atoms with Gasteiger partial charge in [0.25, 0.3) is 6.33 Å². The van der Waals surface area contributed by atoms with E-state index in [-0.39, 0.29) is 6.09 Å². The van der Waals surface area contributed by atoms with E-state index in [2.05, 4.69) is 13.8 Å². The van der Waals surface area contributed by atoms with Gasteiger partial charge in [-0.25, -0.2) is 4.57 Å². The average molecular weight is 225 g/mol. The van der Waals surface area contributed by atoms with Gasteiger partial charge in [0.2, 0.25) is 0 Å². The standard InChI is InChI=1S/C12H21N2O2/c1-3-5-7-13-8-9-14(11-13)12(15)16-10-6-4-2/h8-9,11H,3-7,10H2,1-2H3/q+1. The normalized spacial score (nSPS) is 10.4. The van der Waals surface area contributed by atoms with Crippen LogP contribution in [0.4, 0.5) is 4.79 Å². The number of aryl methyl sites for hydroxylation is 1. The highest BCUT2D eigenvalue weighted by molar-refractivity contribution is 5.69. The number of hydrogen-bond donors (Lipinski definition) is 0. The van der Waals surface area contributed by atoms with Gasteiger partial charge in [0, 0.05) is 0 Å². The molecule has 4 heteroatoms. The maximum atomic E-state index is 11.5. The zero-order valence-electron chi connectivity index (χ0n) is 10.2. The van der Waals surface area contributed by atoms with Gasteiger partial charge in [-0.3, -0.25) is 0 Å². The maximum absolute atomic E-state index is 11.5. The number of imidazole rings is 1. The van der Waals surface area contributed by atoms with Crippen LogP contribution >= 0.6 is 0 Å². The van der Waals surface area contributed by atoms with Crippen molar-refractivity contribution in [2.75, 3.05) is 6.61 Å². The fourth-order valence-corrected chi connectivity index (χ4v) is 1.35. The van der Waals surface area contributed by atoms with E-state index in [1.54, 1.807) is 12.5 Å². The molecule has 16 heavy (non-hydrogen) atoms. The first-order valence-electron chi connectivity index (χ1n) is 6.02. The zero-order chi connectivity index (χ0) is 11.8. The minimum absolute atomic E-state index is 0.288. The van der Waals surface area contributed by atoms with Crippen LogP contribution < -0.4 is 4.57 Å². The van der Waals surface area contributed by atoms with Crippen molar-refractivity contribution < 1.29 is 14.1 Å². The van der Waals surface area contributed by atoms with Gasteiger partial charge in [-0.2, -0.15) is 4.79 Å². The Labute approximate surface area is 96.8 Å². The van der Waals surface area contributed by atoms with E-state index in [9.17, 15) is 4.79 Å². The molecule has 1 aromatic rings. The summed E-state index contributed by atoms with van der Waals surface area (Å²) >= 11 is 0. The summed E-state index contributed by atoms with van der Waals surface area (Å²) in [7, 11) is 0. The van der Waals surface area contributed by atoms with Gasteiger partial charge < -0.3 is 4.74 Å². The van der Waals surface area contributed by atoms with Gasteiger partial charge in [-0.15, -0.1) is 4.57 Å². The second-order valence-electron chi connectivity index (χ2n) is 3.88. The van der Waals surface area contributed by atoms with Crippen LogP contribution in [0.2, 0.25) is 0 Å². The van der Waals surface area contributed by atoms with Crippen LogP contribution in [0.15, 0.2) is 18.7 Å². The third kappa shape index (κ3) is 4.04. The predicted octanol–water partition coefficient (Wildman–Crippen LogP) is 2.36. The van der Waals surface area contributed by atoms with E-state index >= 15 is 0 Å². The number of ether oxygens (including phenoxy) is 1. The van der Waals surface area contributed by atoms with Crippen molar-refractivity contribution in [2.24, 2.45) is 0 Å². The van der Waals surface area contributed by atoms with Crippen LogP contribution in [-0.4, -0.2) is 17.3 Å². The topological polar surface area (TPSA) is 35.1 Å². The molecule has 4 nitrogen and oxygen atoms in total. The molecule has 0 saturated heterocycles. The fraction of sp³-hybridized carbons (Fsp3) is 0.667. The highest BCUT2D eigenvalue weighted by Crippen LogP contribution is 1.94. The largest absolute Gasteiger partial charge is 0.511 e. The number of carbonyl (C=O) groups is 1. The molecule has 0 aliphatic rings. The lowest BCUT2D eigenvalue weighted by molar-refractivity contribution is -0.696. The van der Waals surface area contributed by atoms with Crippen LogP contribution in [0, 0.1) is 0 Å². The molecular formula is C12H21N2O2+. The third-order valence-electron chi connectivity index (χ3n) is 2.40. The number of rotatable bonds is 6. The number of hydrogen-bond acceptors (Lipinski definition) is 2. The minimum atomic E-state index is -0.288. The lowest BCUT2D eigenvalue weighted by Crippen LogP contribution is -2.31. The smallest absolute Gasteiger partial charge is 0.431 e. The first-order valence-corrected chi connectivity index (χ1v) is 6.02. The zero-order valence-corrected chi connectivity index (χ0v) is 10.2. The lowest BCUT2D eigenvalue weighted by Gasteiger charge is -1.98. The Morgan fingerprint density at radius 1 is 1.31 bits per heavy atom. The first kappa shape index (κ1) is 12.7. The predicted molar refractivity (Wildman–Crippen MR) is 61.2 cm³/mol.